The van der Waals surface area contributed by atoms with Crippen LogP contribution in [0.3, 0.4) is 0 Å². The molecule has 3 heteroatoms. The Bertz CT molecular complexity index is 819. The first-order valence-corrected chi connectivity index (χ1v) is 6.89. The fourth-order valence-electron chi connectivity index (χ4n) is 2.59. The minimum atomic E-state index is 0.0783. The standard InChI is InChI=1S/C18H15NO2/c1-2-12-9-13(10-14(11-20)18(12)21)15-5-3-7-17-16(15)6-4-8-19-17/h3-11,21H,2H2,1H3. The maximum Gasteiger partial charge on any atom is 0.153 e. The number of hydrogen-bond acceptors (Lipinski definition) is 3. The number of fused-ring (bicyclic) bond motifs is 1. The highest BCUT2D eigenvalue weighted by molar-refractivity contribution is 5.96. The van der Waals surface area contributed by atoms with Crippen molar-refractivity contribution >= 4 is 17.2 Å². The highest BCUT2D eigenvalue weighted by atomic mass is 16.3. The van der Waals surface area contributed by atoms with Crippen LogP contribution in [0.2, 0.25) is 0 Å². The first-order valence-electron chi connectivity index (χ1n) is 6.89. The Morgan fingerprint density at radius 3 is 2.81 bits per heavy atom. The van der Waals surface area contributed by atoms with Gasteiger partial charge in [-0.25, -0.2) is 0 Å². The quantitative estimate of drug-likeness (QED) is 0.737. The third-order valence-electron chi connectivity index (χ3n) is 3.68. The van der Waals surface area contributed by atoms with Gasteiger partial charge < -0.3 is 5.11 Å². The fourth-order valence-corrected chi connectivity index (χ4v) is 2.59. The number of pyridine rings is 1. The van der Waals surface area contributed by atoms with Crippen molar-refractivity contribution in [3.8, 4) is 16.9 Å². The summed E-state index contributed by atoms with van der Waals surface area (Å²) in [6.07, 6.45) is 3.13. The molecule has 0 radical (unpaired) electrons. The number of hydrogen-bond donors (Lipinski definition) is 1. The molecule has 0 saturated heterocycles. The molecule has 3 nitrogen and oxygen atoms in total. The number of phenols is 1. The van der Waals surface area contributed by atoms with Gasteiger partial charge >= 0.3 is 0 Å². The van der Waals surface area contributed by atoms with Crippen LogP contribution in [-0.4, -0.2) is 16.4 Å². The van der Waals surface area contributed by atoms with Gasteiger partial charge in [0, 0.05) is 11.6 Å². The average Bonchev–Trinajstić information content (AvgIpc) is 2.54. The Morgan fingerprint density at radius 1 is 1.19 bits per heavy atom. The van der Waals surface area contributed by atoms with E-state index in [0.29, 0.717) is 18.3 Å². The first kappa shape index (κ1) is 13.3. The molecule has 0 amide bonds. The number of carbonyl (C=O) groups is 1. The number of nitrogens with zero attached hydrogens (tertiary/aromatic N) is 1. The van der Waals surface area contributed by atoms with Gasteiger partial charge in [0.15, 0.2) is 6.29 Å². The molecule has 0 aliphatic carbocycles. The molecule has 0 saturated carbocycles. The van der Waals surface area contributed by atoms with Gasteiger partial charge in [-0.15, -0.1) is 0 Å². The summed E-state index contributed by atoms with van der Waals surface area (Å²) in [5.74, 6) is 0.0783. The van der Waals surface area contributed by atoms with Crippen molar-refractivity contribution in [3.63, 3.8) is 0 Å². The molecular weight excluding hydrogens is 262 g/mol. The van der Waals surface area contributed by atoms with Gasteiger partial charge in [-0.1, -0.05) is 25.1 Å². The van der Waals surface area contributed by atoms with Crippen molar-refractivity contribution in [1.29, 1.82) is 0 Å². The molecule has 3 rings (SSSR count). The largest absolute Gasteiger partial charge is 0.507 e. The molecule has 0 aliphatic heterocycles. The summed E-state index contributed by atoms with van der Waals surface area (Å²) in [6, 6.07) is 13.5. The zero-order chi connectivity index (χ0) is 14.8. The maximum absolute atomic E-state index is 11.2. The number of carbonyl (C=O) groups excluding carboxylic acids is 1. The number of aromatic hydroxyl groups is 1. The van der Waals surface area contributed by atoms with Crippen LogP contribution < -0.4 is 0 Å². The monoisotopic (exact) mass is 277 g/mol. The first-order chi connectivity index (χ1) is 10.2. The minimum Gasteiger partial charge on any atom is -0.507 e. The Hall–Kier alpha value is -2.68. The number of aldehydes is 1. The summed E-state index contributed by atoms with van der Waals surface area (Å²) in [5.41, 5.74) is 3.94. The molecule has 21 heavy (non-hydrogen) atoms. The molecule has 0 spiro atoms. The van der Waals surface area contributed by atoms with Crippen molar-refractivity contribution in [2.75, 3.05) is 0 Å². The lowest BCUT2D eigenvalue weighted by Gasteiger charge is -2.11. The van der Waals surface area contributed by atoms with Crippen LogP contribution in [0.5, 0.6) is 5.75 Å². The van der Waals surface area contributed by atoms with E-state index in [-0.39, 0.29) is 5.75 Å². The predicted molar refractivity (Wildman–Crippen MR) is 83.6 cm³/mol. The summed E-state index contributed by atoms with van der Waals surface area (Å²) in [4.78, 5) is 15.5. The number of rotatable bonds is 3. The molecule has 104 valence electrons. The summed E-state index contributed by atoms with van der Waals surface area (Å²) >= 11 is 0. The van der Waals surface area contributed by atoms with Gasteiger partial charge in [-0.3, -0.25) is 9.78 Å². The van der Waals surface area contributed by atoms with Crippen LogP contribution in [0.1, 0.15) is 22.8 Å². The van der Waals surface area contributed by atoms with Crippen LogP contribution in [0.15, 0.2) is 48.7 Å². The topological polar surface area (TPSA) is 50.2 Å². The van der Waals surface area contributed by atoms with E-state index in [9.17, 15) is 9.90 Å². The number of aromatic nitrogens is 1. The molecule has 0 aliphatic rings. The van der Waals surface area contributed by atoms with Crippen LogP contribution >= 0.6 is 0 Å². The van der Waals surface area contributed by atoms with E-state index in [2.05, 4.69) is 4.98 Å². The van der Waals surface area contributed by atoms with Gasteiger partial charge in [0.1, 0.15) is 5.75 Å². The zero-order valence-electron chi connectivity index (χ0n) is 11.7. The van der Waals surface area contributed by atoms with Gasteiger partial charge in [-0.05, 0) is 47.4 Å². The van der Waals surface area contributed by atoms with Gasteiger partial charge in [0.2, 0.25) is 0 Å². The number of aryl methyl sites for hydroxylation is 1. The third-order valence-corrected chi connectivity index (χ3v) is 3.68. The molecule has 0 fully saturated rings. The van der Waals surface area contributed by atoms with E-state index in [4.69, 9.17) is 0 Å². The van der Waals surface area contributed by atoms with Crippen molar-refractivity contribution in [2.24, 2.45) is 0 Å². The van der Waals surface area contributed by atoms with Crippen molar-refractivity contribution < 1.29 is 9.90 Å². The maximum atomic E-state index is 11.2. The lowest BCUT2D eigenvalue weighted by Crippen LogP contribution is -1.92. The fraction of sp³-hybridized carbons (Fsp3) is 0.111. The second kappa shape index (κ2) is 5.37. The van der Waals surface area contributed by atoms with E-state index in [0.717, 1.165) is 27.6 Å². The second-order valence-corrected chi connectivity index (χ2v) is 4.92. The van der Waals surface area contributed by atoms with Crippen molar-refractivity contribution in [2.45, 2.75) is 13.3 Å². The Morgan fingerprint density at radius 2 is 2.05 bits per heavy atom. The van der Waals surface area contributed by atoms with Crippen molar-refractivity contribution in [1.82, 2.24) is 4.98 Å². The molecule has 1 heterocycles. The summed E-state index contributed by atoms with van der Waals surface area (Å²) in [7, 11) is 0. The Labute approximate surface area is 122 Å². The SMILES string of the molecule is CCc1cc(-c2cccc3ncccc23)cc(C=O)c1O. The molecule has 3 aromatic rings. The van der Waals surface area contributed by atoms with Crippen LogP contribution in [0.4, 0.5) is 0 Å². The summed E-state index contributed by atoms with van der Waals surface area (Å²) in [6.45, 7) is 1.96. The zero-order valence-corrected chi connectivity index (χ0v) is 11.7. The molecule has 0 atom stereocenters. The second-order valence-electron chi connectivity index (χ2n) is 4.92. The highest BCUT2D eigenvalue weighted by Crippen LogP contribution is 2.33. The summed E-state index contributed by atoms with van der Waals surface area (Å²) in [5, 5.41) is 11.1. The average molecular weight is 277 g/mol. The molecular formula is C18H15NO2. The van der Waals surface area contributed by atoms with E-state index in [1.807, 2.05) is 43.3 Å². The van der Waals surface area contributed by atoms with Crippen molar-refractivity contribution in [3.05, 3.63) is 59.8 Å². The minimum absolute atomic E-state index is 0.0783. The third kappa shape index (κ3) is 2.27. The van der Waals surface area contributed by atoms with Crippen LogP contribution in [0, 0.1) is 0 Å². The van der Waals surface area contributed by atoms with E-state index >= 15 is 0 Å². The highest BCUT2D eigenvalue weighted by Gasteiger charge is 2.11. The summed E-state index contributed by atoms with van der Waals surface area (Å²) < 4.78 is 0. The molecule has 0 bridgehead atoms. The molecule has 1 aromatic heterocycles. The Kier molecular flexibility index (Phi) is 3.40. The van der Waals surface area contributed by atoms with Gasteiger partial charge in [0.25, 0.3) is 0 Å². The number of benzene rings is 2. The van der Waals surface area contributed by atoms with E-state index < -0.39 is 0 Å². The molecule has 2 aromatic carbocycles. The predicted octanol–water partition coefficient (Wildman–Crippen LogP) is 3.98. The van der Waals surface area contributed by atoms with Crippen LogP contribution in [-0.2, 0) is 6.42 Å². The molecule has 1 N–H and O–H groups in total. The normalized spacial score (nSPS) is 10.7. The Balaban J connectivity index is 2.30. The van der Waals surface area contributed by atoms with Gasteiger partial charge in [-0.2, -0.15) is 0 Å². The van der Waals surface area contributed by atoms with E-state index in [1.165, 1.54) is 0 Å². The lowest BCUT2D eigenvalue weighted by atomic mass is 9.95. The lowest BCUT2D eigenvalue weighted by molar-refractivity contribution is 0.112. The molecule has 0 unspecified atom stereocenters. The van der Waals surface area contributed by atoms with Crippen LogP contribution in [0.25, 0.3) is 22.0 Å². The number of phenolic OH excluding ortho intramolecular Hbond substituents is 1. The van der Waals surface area contributed by atoms with E-state index in [1.54, 1.807) is 12.3 Å². The smallest absolute Gasteiger partial charge is 0.153 e. The van der Waals surface area contributed by atoms with Gasteiger partial charge in [0.05, 0.1) is 11.1 Å².